The van der Waals surface area contributed by atoms with E-state index in [0.29, 0.717) is 18.3 Å². The van der Waals surface area contributed by atoms with Gasteiger partial charge < -0.3 is 15.4 Å². The number of hydrogen-bond donors (Lipinski definition) is 3. The van der Waals surface area contributed by atoms with E-state index < -0.39 is 11.6 Å². The molecule has 1 heterocycles. The first-order valence-corrected chi connectivity index (χ1v) is 14.4. The normalized spacial score (nSPS) is 30.7. The Hall–Kier alpha value is -3.28. The van der Waals surface area contributed by atoms with Crippen LogP contribution in [-0.2, 0) is 17.6 Å². The van der Waals surface area contributed by atoms with E-state index >= 15 is 0 Å². The molecule has 5 aliphatic carbocycles. The third-order valence-electron chi connectivity index (χ3n) is 10.3. The number of rotatable bonds is 6. The van der Waals surface area contributed by atoms with Crippen molar-refractivity contribution in [2.24, 2.45) is 23.7 Å². The van der Waals surface area contributed by atoms with Crippen LogP contribution in [-0.4, -0.2) is 38.6 Å². The van der Waals surface area contributed by atoms with Crippen molar-refractivity contribution in [3.63, 3.8) is 0 Å². The number of aryl methyl sites for hydroxylation is 1. The molecule has 2 unspecified atom stereocenters. The summed E-state index contributed by atoms with van der Waals surface area (Å²) in [7, 11) is 0. The number of aromatic amines is 1. The number of carboxylic acid groups (broad SMARTS) is 1. The second kappa shape index (κ2) is 8.89. The number of carbonyl (C=O) groups excluding carboxylic acids is 1. The molecule has 4 saturated carbocycles. The van der Waals surface area contributed by atoms with Gasteiger partial charge in [0.1, 0.15) is 5.54 Å². The lowest BCUT2D eigenvalue weighted by Crippen LogP contribution is -2.68. The Morgan fingerprint density at radius 2 is 1.68 bits per heavy atom. The fourth-order valence-corrected chi connectivity index (χ4v) is 8.93. The minimum atomic E-state index is -1.23. The van der Waals surface area contributed by atoms with Gasteiger partial charge in [-0.25, -0.2) is 4.79 Å². The smallest absolute Gasteiger partial charge is 0.408 e. The summed E-state index contributed by atoms with van der Waals surface area (Å²) >= 11 is 0. The lowest BCUT2D eigenvalue weighted by Gasteiger charge is -2.59. The Morgan fingerprint density at radius 1 is 1.00 bits per heavy atom. The van der Waals surface area contributed by atoms with E-state index in [1.165, 1.54) is 12.0 Å². The van der Waals surface area contributed by atoms with Crippen LogP contribution in [0.5, 0.6) is 0 Å². The van der Waals surface area contributed by atoms with Gasteiger partial charge in [0, 0.05) is 29.6 Å². The number of hydrogen-bond acceptors (Lipinski definition) is 2. The van der Waals surface area contributed by atoms with Crippen LogP contribution in [0, 0.1) is 23.7 Å². The van der Waals surface area contributed by atoms with Crippen molar-refractivity contribution in [3.8, 4) is 0 Å². The average Bonchev–Trinajstić information content (AvgIpc) is 3.49. The van der Waals surface area contributed by atoms with Crippen LogP contribution in [0.1, 0.15) is 68.2 Å². The summed E-state index contributed by atoms with van der Waals surface area (Å²) < 4.78 is 0. The quantitative estimate of drug-likeness (QED) is 0.375. The average molecular weight is 512 g/mol. The number of carbonyl (C=O) groups is 2. The molecule has 4 bridgehead atoms. The maximum absolute atomic E-state index is 14.4. The van der Waals surface area contributed by atoms with Crippen molar-refractivity contribution in [3.05, 3.63) is 71.4 Å². The van der Waals surface area contributed by atoms with E-state index in [-0.39, 0.29) is 18.0 Å². The molecule has 2 aromatic carbocycles. The number of para-hydroxylation sites is 1. The zero-order valence-electron chi connectivity index (χ0n) is 22.0. The Morgan fingerprint density at radius 3 is 2.42 bits per heavy atom. The molecule has 0 aliphatic heterocycles. The lowest BCUT2D eigenvalue weighted by molar-refractivity contribution is -0.141. The number of fused-ring (bicyclic) bond motifs is 2. The second-order valence-electron chi connectivity index (χ2n) is 12.6. The van der Waals surface area contributed by atoms with Gasteiger partial charge in [-0.2, -0.15) is 0 Å². The fraction of sp³-hybridized carbons (Fsp3) is 0.500. The molecule has 198 valence electrons. The minimum absolute atomic E-state index is 0.0878. The van der Waals surface area contributed by atoms with Gasteiger partial charge in [-0.3, -0.25) is 9.69 Å². The largest absolute Gasteiger partial charge is 0.465 e. The first kappa shape index (κ1) is 23.8. The molecular weight excluding hydrogens is 474 g/mol. The molecule has 8 rings (SSSR count). The highest BCUT2D eigenvalue weighted by molar-refractivity contribution is 5.92. The molecule has 38 heavy (non-hydrogen) atoms. The van der Waals surface area contributed by atoms with Crippen LogP contribution in [0.2, 0.25) is 0 Å². The zero-order valence-corrected chi connectivity index (χ0v) is 22.0. The van der Waals surface area contributed by atoms with Crippen molar-refractivity contribution in [1.82, 2.24) is 15.2 Å². The third-order valence-corrected chi connectivity index (χ3v) is 10.3. The Bertz CT molecular complexity index is 1370. The monoisotopic (exact) mass is 511 g/mol. The molecule has 3 aromatic rings. The summed E-state index contributed by atoms with van der Waals surface area (Å²) in [4.78, 5) is 32.6. The lowest BCUT2D eigenvalue weighted by atomic mass is 9.53. The van der Waals surface area contributed by atoms with E-state index in [1.54, 1.807) is 4.90 Å². The predicted octanol–water partition coefficient (Wildman–Crippen LogP) is 6.08. The first-order valence-electron chi connectivity index (χ1n) is 14.4. The minimum Gasteiger partial charge on any atom is -0.465 e. The summed E-state index contributed by atoms with van der Waals surface area (Å²) in [6, 6.07) is 16.2. The van der Waals surface area contributed by atoms with Gasteiger partial charge in [0.05, 0.1) is 6.04 Å². The second-order valence-corrected chi connectivity index (χ2v) is 12.6. The Kier molecular flexibility index (Phi) is 5.57. The number of benzene rings is 2. The molecule has 5 aliphatic rings. The molecule has 0 saturated heterocycles. The summed E-state index contributed by atoms with van der Waals surface area (Å²) in [5.74, 6) is 1.98. The fourth-order valence-electron chi connectivity index (χ4n) is 8.93. The molecule has 2 atom stereocenters. The number of nitrogens with zero attached hydrogens (tertiary/aromatic N) is 1. The van der Waals surface area contributed by atoms with Crippen LogP contribution in [0.3, 0.4) is 0 Å². The molecule has 2 amide bonds. The summed E-state index contributed by atoms with van der Waals surface area (Å²) in [6.07, 6.45) is 8.81. The van der Waals surface area contributed by atoms with Crippen LogP contribution in [0.25, 0.3) is 10.9 Å². The van der Waals surface area contributed by atoms with Crippen molar-refractivity contribution in [2.45, 2.75) is 75.9 Å². The zero-order chi connectivity index (χ0) is 26.0. The van der Waals surface area contributed by atoms with Crippen molar-refractivity contribution in [2.75, 3.05) is 0 Å². The Balaban J connectivity index is 1.28. The van der Waals surface area contributed by atoms with E-state index in [0.717, 1.165) is 72.4 Å². The summed E-state index contributed by atoms with van der Waals surface area (Å²) in [5, 5.41) is 15.2. The van der Waals surface area contributed by atoms with Crippen LogP contribution in [0.15, 0.2) is 54.7 Å². The molecule has 6 heteroatoms. The highest BCUT2D eigenvalue weighted by Gasteiger charge is 2.56. The van der Waals surface area contributed by atoms with Crippen molar-refractivity contribution in [1.29, 1.82) is 0 Å². The van der Waals surface area contributed by atoms with Crippen LogP contribution >= 0.6 is 0 Å². The summed E-state index contributed by atoms with van der Waals surface area (Å²) in [6.45, 7) is 1.88. The predicted molar refractivity (Wildman–Crippen MR) is 147 cm³/mol. The third kappa shape index (κ3) is 3.75. The number of H-pyrrole nitrogens is 1. The number of nitrogens with one attached hydrogen (secondary N) is 2. The molecule has 3 N–H and O–H groups in total. The topological polar surface area (TPSA) is 85.4 Å². The highest BCUT2D eigenvalue weighted by atomic mass is 16.4. The van der Waals surface area contributed by atoms with Crippen molar-refractivity contribution >= 4 is 22.9 Å². The molecule has 0 spiro atoms. The maximum atomic E-state index is 14.4. The van der Waals surface area contributed by atoms with Crippen LogP contribution in [0.4, 0.5) is 4.79 Å². The van der Waals surface area contributed by atoms with Gasteiger partial charge in [-0.05, 0) is 98.3 Å². The SMILES string of the molecule is CC(Cc1c[nH]c2ccccc12)(C(=O)NC1CCc2ccccc21)N(C(=O)O)C1C2CC3CC(C2)CC1C3. The number of amides is 2. The van der Waals surface area contributed by atoms with E-state index in [2.05, 4.69) is 28.5 Å². The molecule has 4 fully saturated rings. The molecule has 0 radical (unpaired) electrons. The molecule has 6 nitrogen and oxygen atoms in total. The Labute approximate surface area is 223 Å². The van der Waals surface area contributed by atoms with E-state index in [9.17, 15) is 14.7 Å². The highest BCUT2D eigenvalue weighted by Crippen LogP contribution is 2.56. The van der Waals surface area contributed by atoms with Gasteiger partial charge in [0.15, 0.2) is 0 Å². The van der Waals surface area contributed by atoms with Gasteiger partial charge in [-0.1, -0.05) is 42.5 Å². The van der Waals surface area contributed by atoms with Gasteiger partial charge in [-0.15, -0.1) is 0 Å². The standard InChI is InChI=1S/C32H37N3O3/c1-32(17-24-18-33-27-9-5-4-8-26(24)27,30(36)34-28-11-10-21-6-2-3-7-25(21)28)35(31(37)38)29-22-13-19-12-20(15-22)16-23(29)14-19/h2-9,18-20,22-23,28-29,33H,10-17H2,1H3,(H,34,36)(H,37,38). The summed E-state index contributed by atoms with van der Waals surface area (Å²) in [5.41, 5.74) is 3.19. The van der Waals surface area contributed by atoms with E-state index in [4.69, 9.17) is 0 Å². The van der Waals surface area contributed by atoms with Crippen LogP contribution < -0.4 is 5.32 Å². The maximum Gasteiger partial charge on any atom is 0.408 e. The van der Waals surface area contributed by atoms with E-state index in [1.807, 2.05) is 43.5 Å². The van der Waals surface area contributed by atoms with Gasteiger partial charge >= 0.3 is 6.09 Å². The van der Waals surface area contributed by atoms with Crippen molar-refractivity contribution < 1.29 is 14.7 Å². The molecular formula is C32H37N3O3. The molecule has 1 aromatic heterocycles. The van der Waals surface area contributed by atoms with Gasteiger partial charge in [0.2, 0.25) is 5.91 Å². The first-order chi connectivity index (χ1) is 18.4. The number of aromatic nitrogens is 1. The van der Waals surface area contributed by atoms with Gasteiger partial charge in [0.25, 0.3) is 0 Å².